The molecule has 2 rings (SSSR count). The van der Waals surface area contributed by atoms with E-state index in [0.717, 1.165) is 38.4 Å². The SMILES string of the molecule is COCc1cccc(C(=O)NCCN2CCOCC2)c1. The van der Waals surface area contributed by atoms with Gasteiger partial charge in [-0.05, 0) is 17.7 Å². The van der Waals surface area contributed by atoms with Crippen LogP contribution in [0, 0.1) is 0 Å². The van der Waals surface area contributed by atoms with E-state index in [1.807, 2.05) is 24.3 Å². The van der Waals surface area contributed by atoms with Crippen LogP contribution in [0.1, 0.15) is 15.9 Å². The molecule has 0 unspecified atom stereocenters. The molecule has 0 radical (unpaired) electrons. The lowest BCUT2D eigenvalue weighted by Crippen LogP contribution is -2.41. The molecule has 1 fully saturated rings. The predicted octanol–water partition coefficient (Wildman–Crippen LogP) is 0.895. The maximum atomic E-state index is 12.0. The largest absolute Gasteiger partial charge is 0.380 e. The first kappa shape index (κ1) is 15.0. The van der Waals surface area contributed by atoms with Crippen molar-refractivity contribution in [1.82, 2.24) is 10.2 Å². The van der Waals surface area contributed by atoms with Gasteiger partial charge in [-0.2, -0.15) is 0 Å². The van der Waals surface area contributed by atoms with Crippen LogP contribution in [0.5, 0.6) is 0 Å². The molecule has 0 atom stereocenters. The smallest absolute Gasteiger partial charge is 0.251 e. The summed E-state index contributed by atoms with van der Waals surface area (Å²) < 4.78 is 10.4. The standard InChI is InChI=1S/C15H22N2O3/c1-19-12-13-3-2-4-14(11-13)15(18)16-5-6-17-7-9-20-10-8-17/h2-4,11H,5-10,12H2,1H3,(H,16,18). The minimum atomic E-state index is -0.0313. The van der Waals surface area contributed by atoms with Crippen LogP contribution in [0.4, 0.5) is 0 Å². The number of amides is 1. The van der Waals surface area contributed by atoms with Crippen molar-refractivity contribution in [2.75, 3.05) is 46.5 Å². The van der Waals surface area contributed by atoms with E-state index in [4.69, 9.17) is 9.47 Å². The molecule has 1 aliphatic rings. The molecular weight excluding hydrogens is 256 g/mol. The van der Waals surface area contributed by atoms with Gasteiger partial charge in [0.15, 0.2) is 0 Å². The lowest BCUT2D eigenvalue weighted by molar-refractivity contribution is 0.0383. The maximum absolute atomic E-state index is 12.0. The van der Waals surface area contributed by atoms with Crippen molar-refractivity contribution in [3.63, 3.8) is 0 Å². The molecule has 5 heteroatoms. The number of ether oxygens (including phenoxy) is 2. The van der Waals surface area contributed by atoms with Crippen LogP contribution in [0.2, 0.25) is 0 Å². The zero-order chi connectivity index (χ0) is 14.2. The number of hydrogen-bond acceptors (Lipinski definition) is 4. The molecule has 0 aromatic heterocycles. The van der Waals surface area contributed by atoms with Gasteiger partial charge in [0.1, 0.15) is 0 Å². The molecule has 20 heavy (non-hydrogen) atoms. The third kappa shape index (κ3) is 4.59. The topological polar surface area (TPSA) is 50.8 Å². The third-order valence-corrected chi connectivity index (χ3v) is 3.32. The Bertz CT molecular complexity index is 431. The number of nitrogens with zero attached hydrogens (tertiary/aromatic N) is 1. The van der Waals surface area contributed by atoms with Gasteiger partial charge < -0.3 is 14.8 Å². The fraction of sp³-hybridized carbons (Fsp3) is 0.533. The quantitative estimate of drug-likeness (QED) is 0.840. The molecule has 1 aliphatic heterocycles. The summed E-state index contributed by atoms with van der Waals surface area (Å²) in [5.74, 6) is -0.0313. The predicted molar refractivity (Wildman–Crippen MR) is 76.7 cm³/mol. The summed E-state index contributed by atoms with van der Waals surface area (Å²) in [5.41, 5.74) is 1.69. The highest BCUT2D eigenvalue weighted by Crippen LogP contribution is 2.06. The van der Waals surface area contributed by atoms with E-state index >= 15 is 0 Å². The van der Waals surface area contributed by atoms with Gasteiger partial charge in [-0.3, -0.25) is 9.69 Å². The second-order valence-electron chi connectivity index (χ2n) is 4.84. The summed E-state index contributed by atoms with van der Waals surface area (Å²) in [4.78, 5) is 14.3. The van der Waals surface area contributed by atoms with E-state index in [0.29, 0.717) is 18.7 Å². The van der Waals surface area contributed by atoms with E-state index in [1.165, 1.54) is 0 Å². The van der Waals surface area contributed by atoms with Gasteiger partial charge in [0.2, 0.25) is 0 Å². The third-order valence-electron chi connectivity index (χ3n) is 3.32. The highest BCUT2D eigenvalue weighted by molar-refractivity contribution is 5.94. The van der Waals surface area contributed by atoms with E-state index in [2.05, 4.69) is 10.2 Å². The van der Waals surface area contributed by atoms with E-state index in [9.17, 15) is 4.79 Å². The summed E-state index contributed by atoms with van der Waals surface area (Å²) in [7, 11) is 1.65. The second-order valence-corrected chi connectivity index (χ2v) is 4.84. The first-order chi connectivity index (χ1) is 9.79. The molecule has 0 bridgehead atoms. The Balaban J connectivity index is 1.77. The molecule has 1 heterocycles. The Labute approximate surface area is 119 Å². The number of nitrogens with one attached hydrogen (secondary N) is 1. The molecule has 0 aliphatic carbocycles. The molecule has 5 nitrogen and oxygen atoms in total. The summed E-state index contributed by atoms with van der Waals surface area (Å²) >= 11 is 0. The molecule has 1 aromatic carbocycles. The first-order valence-corrected chi connectivity index (χ1v) is 6.96. The van der Waals surface area contributed by atoms with Crippen molar-refractivity contribution in [2.45, 2.75) is 6.61 Å². The van der Waals surface area contributed by atoms with Crippen molar-refractivity contribution in [3.05, 3.63) is 35.4 Å². The fourth-order valence-electron chi connectivity index (χ4n) is 2.22. The van der Waals surface area contributed by atoms with Gasteiger partial charge in [0.05, 0.1) is 19.8 Å². The Morgan fingerprint density at radius 2 is 2.20 bits per heavy atom. The zero-order valence-electron chi connectivity index (χ0n) is 11.9. The normalized spacial score (nSPS) is 16.1. The summed E-state index contributed by atoms with van der Waals surface area (Å²) in [6.07, 6.45) is 0. The Morgan fingerprint density at radius 1 is 1.40 bits per heavy atom. The molecule has 0 spiro atoms. The van der Waals surface area contributed by atoms with Crippen molar-refractivity contribution < 1.29 is 14.3 Å². The monoisotopic (exact) mass is 278 g/mol. The van der Waals surface area contributed by atoms with Gasteiger partial charge in [0.25, 0.3) is 5.91 Å². The number of morpholine rings is 1. The highest BCUT2D eigenvalue weighted by Gasteiger charge is 2.11. The zero-order valence-corrected chi connectivity index (χ0v) is 11.9. The van der Waals surface area contributed by atoms with Crippen LogP contribution < -0.4 is 5.32 Å². The number of carbonyl (C=O) groups excluding carboxylic acids is 1. The van der Waals surface area contributed by atoms with Crippen molar-refractivity contribution in [1.29, 1.82) is 0 Å². The molecule has 1 amide bonds. The molecule has 1 saturated heterocycles. The van der Waals surface area contributed by atoms with E-state index in [1.54, 1.807) is 7.11 Å². The van der Waals surface area contributed by atoms with Crippen LogP contribution in [0.15, 0.2) is 24.3 Å². The molecule has 1 N–H and O–H groups in total. The van der Waals surface area contributed by atoms with Gasteiger partial charge in [-0.25, -0.2) is 0 Å². The van der Waals surface area contributed by atoms with Gasteiger partial charge in [-0.15, -0.1) is 0 Å². The van der Waals surface area contributed by atoms with Crippen molar-refractivity contribution in [3.8, 4) is 0 Å². The van der Waals surface area contributed by atoms with Crippen LogP contribution in [0.25, 0.3) is 0 Å². The van der Waals surface area contributed by atoms with E-state index in [-0.39, 0.29) is 5.91 Å². The maximum Gasteiger partial charge on any atom is 0.251 e. The lowest BCUT2D eigenvalue weighted by atomic mass is 10.1. The Morgan fingerprint density at radius 3 is 2.95 bits per heavy atom. The van der Waals surface area contributed by atoms with Crippen LogP contribution in [-0.2, 0) is 16.1 Å². The summed E-state index contributed by atoms with van der Waals surface area (Å²) in [6, 6.07) is 7.52. The van der Waals surface area contributed by atoms with Crippen LogP contribution >= 0.6 is 0 Å². The number of methoxy groups -OCH3 is 1. The van der Waals surface area contributed by atoms with Gasteiger partial charge in [0, 0.05) is 38.9 Å². The van der Waals surface area contributed by atoms with Gasteiger partial charge in [-0.1, -0.05) is 12.1 Å². The number of hydrogen-bond donors (Lipinski definition) is 1. The Hall–Kier alpha value is -1.43. The second kappa shape index (κ2) is 7.99. The Kier molecular flexibility index (Phi) is 5.98. The van der Waals surface area contributed by atoms with Gasteiger partial charge >= 0.3 is 0 Å². The van der Waals surface area contributed by atoms with Crippen LogP contribution in [0.3, 0.4) is 0 Å². The number of benzene rings is 1. The van der Waals surface area contributed by atoms with Crippen molar-refractivity contribution in [2.24, 2.45) is 0 Å². The first-order valence-electron chi connectivity index (χ1n) is 6.96. The highest BCUT2D eigenvalue weighted by atomic mass is 16.5. The van der Waals surface area contributed by atoms with Crippen LogP contribution in [-0.4, -0.2) is 57.3 Å². The minimum absolute atomic E-state index is 0.0313. The van der Waals surface area contributed by atoms with Crippen molar-refractivity contribution >= 4 is 5.91 Å². The van der Waals surface area contributed by atoms with E-state index < -0.39 is 0 Å². The number of rotatable bonds is 6. The molecule has 0 saturated carbocycles. The molecule has 110 valence electrons. The summed E-state index contributed by atoms with van der Waals surface area (Å²) in [5, 5.41) is 2.95. The lowest BCUT2D eigenvalue weighted by Gasteiger charge is -2.26. The average molecular weight is 278 g/mol. The fourth-order valence-corrected chi connectivity index (χ4v) is 2.22. The minimum Gasteiger partial charge on any atom is -0.380 e. The molecular formula is C15H22N2O3. The molecule has 1 aromatic rings. The number of carbonyl (C=O) groups is 1. The summed E-state index contributed by atoms with van der Waals surface area (Å²) in [6.45, 7) is 5.51. The average Bonchev–Trinajstić information content (AvgIpc) is 2.49.